The molecule has 0 atom stereocenters. The van der Waals surface area contributed by atoms with Gasteiger partial charge < -0.3 is 11.5 Å². The lowest BCUT2D eigenvalue weighted by atomic mass is 10.1. The molecular formula is C17H15N5. The fourth-order valence-corrected chi connectivity index (χ4v) is 2.04. The Labute approximate surface area is 128 Å². The van der Waals surface area contributed by atoms with Gasteiger partial charge >= 0.3 is 0 Å². The van der Waals surface area contributed by atoms with Crippen LogP contribution >= 0.6 is 0 Å². The molecule has 5 heteroatoms. The molecule has 0 radical (unpaired) electrons. The molecule has 0 saturated heterocycles. The van der Waals surface area contributed by atoms with Crippen LogP contribution in [-0.2, 0) is 0 Å². The standard InChI is InChI=1S/C17H15N5/c18-16-20-15(21-17(19)22-16)14-10-8-13(9-11-14)7-6-12-4-2-1-3-5-12/h1-11H,(H4,18,19,20,21,22). The molecule has 0 spiro atoms. The maximum atomic E-state index is 5.59. The Morgan fingerprint density at radius 2 is 1.18 bits per heavy atom. The van der Waals surface area contributed by atoms with Crippen molar-refractivity contribution in [3.8, 4) is 11.4 Å². The maximum Gasteiger partial charge on any atom is 0.225 e. The zero-order valence-corrected chi connectivity index (χ0v) is 11.8. The van der Waals surface area contributed by atoms with Crippen LogP contribution in [0, 0.1) is 0 Å². The van der Waals surface area contributed by atoms with E-state index < -0.39 is 0 Å². The first kappa shape index (κ1) is 13.8. The third-order valence-electron chi connectivity index (χ3n) is 3.11. The Hall–Kier alpha value is -3.21. The highest BCUT2D eigenvalue weighted by Gasteiger charge is 2.04. The summed E-state index contributed by atoms with van der Waals surface area (Å²) in [4.78, 5) is 11.9. The number of hydrogen-bond acceptors (Lipinski definition) is 5. The molecule has 0 saturated carbocycles. The largest absolute Gasteiger partial charge is 0.368 e. The SMILES string of the molecule is Nc1nc(N)nc(-c2ccc(C=Cc3ccccc3)cc2)n1. The summed E-state index contributed by atoms with van der Waals surface area (Å²) >= 11 is 0. The van der Waals surface area contributed by atoms with Crippen LogP contribution in [0.5, 0.6) is 0 Å². The summed E-state index contributed by atoms with van der Waals surface area (Å²) in [5.41, 5.74) is 14.3. The highest BCUT2D eigenvalue weighted by Crippen LogP contribution is 2.18. The summed E-state index contributed by atoms with van der Waals surface area (Å²) in [6.45, 7) is 0. The van der Waals surface area contributed by atoms with E-state index in [1.165, 1.54) is 0 Å². The van der Waals surface area contributed by atoms with Gasteiger partial charge in [-0.25, -0.2) is 0 Å². The van der Waals surface area contributed by atoms with Crippen LogP contribution in [0.4, 0.5) is 11.9 Å². The number of nitrogen functional groups attached to an aromatic ring is 2. The molecule has 108 valence electrons. The molecule has 1 heterocycles. The van der Waals surface area contributed by atoms with E-state index in [-0.39, 0.29) is 11.9 Å². The van der Waals surface area contributed by atoms with Crippen molar-refractivity contribution in [3.05, 3.63) is 65.7 Å². The van der Waals surface area contributed by atoms with Gasteiger partial charge in [0.1, 0.15) is 0 Å². The van der Waals surface area contributed by atoms with Crippen LogP contribution in [0.15, 0.2) is 54.6 Å². The fourth-order valence-electron chi connectivity index (χ4n) is 2.04. The number of rotatable bonds is 3. The summed E-state index contributed by atoms with van der Waals surface area (Å²) in [6, 6.07) is 18.0. The van der Waals surface area contributed by atoms with Crippen molar-refractivity contribution in [2.45, 2.75) is 0 Å². The lowest BCUT2D eigenvalue weighted by molar-refractivity contribution is 1.09. The van der Waals surface area contributed by atoms with Crippen molar-refractivity contribution < 1.29 is 0 Å². The van der Waals surface area contributed by atoms with E-state index in [9.17, 15) is 0 Å². The molecule has 22 heavy (non-hydrogen) atoms. The first-order chi connectivity index (χ1) is 10.7. The van der Waals surface area contributed by atoms with Crippen molar-refractivity contribution in [3.63, 3.8) is 0 Å². The van der Waals surface area contributed by atoms with Gasteiger partial charge in [-0.15, -0.1) is 0 Å². The molecule has 4 N–H and O–H groups in total. The minimum atomic E-state index is 0.121. The zero-order valence-electron chi connectivity index (χ0n) is 11.8. The van der Waals surface area contributed by atoms with Gasteiger partial charge in [-0.3, -0.25) is 0 Å². The van der Waals surface area contributed by atoms with Crippen molar-refractivity contribution in [1.82, 2.24) is 15.0 Å². The van der Waals surface area contributed by atoms with Gasteiger partial charge in [0.25, 0.3) is 0 Å². The summed E-state index contributed by atoms with van der Waals surface area (Å²) in [5, 5.41) is 0. The first-order valence-electron chi connectivity index (χ1n) is 6.81. The van der Waals surface area contributed by atoms with Gasteiger partial charge in [-0.05, 0) is 11.1 Å². The lowest BCUT2D eigenvalue weighted by Crippen LogP contribution is -2.04. The Balaban J connectivity index is 1.82. The van der Waals surface area contributed by atoms with Crippen molar-refractivity contribution in [2.75, 3.05) is 11.5 Å². The van der Waals surface area contributed by atoms with E-state index in [0.717, 1.165) is 16.7 Å². The quantitative estimate of drug-likeness (QED) is 0.723. The van der Waals surface area contributed by atoms with Crippen LogP contribution in [-0.4, -0.2) is 15.0 Å². The summed E-state index contributed by atoms with van der Waals surface area (Å²) < 4.78 is 0. The van der Waals surface area contributed by atoms with E-state index in [1.807, 2.05) is 42.5 Å². The van der Waals surface area contributed by atoms with E-state index >= 15 is 0 Å². The average Bonchev–Trinajstić information content (AvgIpc) is 2.53. The summed E-state index contributed by atoms with van der Waals surface area (Å²) in [7, 11) is 0. The predicted octanol–water partition coefficient (Wildman–Crippen LogP) is 2.87. The van der Waals surface area contributed by atoms with Gasteiger partial charge in [0, 0.05) is 5.56 Å². The van der Waals surface area contributed by atoms with E-state index in [0.29, 0.717) is 5.82 Å². The van der Waals surface area contributed by atoms with E-state index in [2.05, 4.69) is 39.2 Å². The summed E-state index contributed by atoms with van der Waals surface area (Å²) in [5.74, 6) is 0.717. The minimum Gasteiger partial charge on any atom is -0.368 e. The Morgan fingerprint density at radius 3 is 1.77 bits per heavy atom. The van der Waals surface area contributed by atoms with E-state index in [4.69, 9.17) is 11.5 Å². The minimum absolute atomic E-state index is 0.121. The molecule has 5 nitrogen and oxygen atoms in total. The molecule has 0 aliphatic heterocycles. The Morgan fingerprint density at radius 1 is 0.636 bits per heavy atom. The normalized spacial score (nSPS) is 10.9. The first-order valence-corrected chi connectivity index (χ1v) is 6.81. The third kappa shape index (κ3) is 3.27. The second-order valence-corrected chi connectivity index (χ2v) is 4.74. The van der Waals surface area contributed by atoms with Gasteiger partial charge in [-0.1, -0.05) is 66.7 Å². The topological polar surface area (TPSA) is 90.7 Å². The third-order valence-corrected chi connectivity index (χ3v) is 3.11. The highest BCUT2D eigenvalue weighted by molar-refractivity contribution is 5.71. The van der Waals surface area contributed by atoms with Gasteiger partial charge in [-0.2, -0.15) is 15.0 Å². The molecule has 0 aliphatic rings. The maximum absolute atomic E-state index is 5.59. The van der Waals surface area contributed by atoms with Gasteiger partial charge in [0.2, 0.25) is 11.9 Å². The molecule has 2 aromatic carbocycles. The van der Waals surface area contributed by atoms with Crippen molar-refractivity contribution in [1.29, 1.82) is 0 Å². The molecule has 0 amide bonds. The predicted molar refractivity (Wildman–Crippen MR) is 89.5 cm³/mol. The molecule has 1 aromatic heterocycles. The van der Waals surface area contributed by atoms with Crippen LogP contribution in [0.2, 0.25) is 0 Å². The second kappa shape index (κ2) is 6.05. The van der Waals surface area contributed by atoms with Crippen molar-refractivity contribution in [2.24, 2.45) is 0 Å². The summed E-state index contributed by atoms with van der Waals surface area (Å²) in [6.07, 6.45) is 4.11. The number of hydrogen-bond donors (Lipinski definition) is 2. The smallest absolute Gasteiger partial charge is 0.225 e. The number of nitrogens with two attached hydrogens (primary N) is 2. The molecule has 0 aliphatic carbocycles. The van der Waals surface area contributed by atoms with Crippen LogP contribution < -0.4 is 11.5 Å². The van der Waals surface area contributed by atoms with Crippen molar-refractivity contribution >= 4 is 24.0 Å². The number of benzene rings is 2. The second-order valence-electron chi connectivity index (χ2n) is 4.74. The average molecular weight is 289 g/mol. The Kier molecular flexibility index (Phi) is 3.78. The van der Waals surface area contributed by atoms with Crippen LogP contribution in [0.1, 0.15) is 11.1 Å². The lowest BCUT2D eigenvalue weighted by Gasteiger charge is -2.02. The molecule has 0 bridgehead atoms. The number of anilines is 2. The van der Waals surface area contributed by atoms with Crippen LogP contribution in [0.25, 0.3) is 23.5 Å². The molecular weight excluding hydrogens is 274 g/mol. The monoisotopic (exact) mass is 289 g/mol. The number of nitrogens with zero attached hydrogens (tertiary/aromatic N) is 3. The Bertz CT molecular complexity index is 775. The molecule has 3 aromatic rings. The molecule has 0 fully saturated rings. The van der Waals surface area contributed by atoms with Gasteiger partial charge in [0.05, 0.1) is 0 Å². The molecule has 0 unspecified atom stereocenters. The van der Waals surface area contributed by atoms with E-state index in [1.54, 1.807) is 0 Å². The number of aromatic nitrogens is 3. The molecule has 3 rings (SSSR count). The zero-order chi connectivity index (χ0) is 15.4. The van der Waals surface area contributed by atoms with Crippen LogP contribution in [0.3, 0.4) is 0 Å². The van der Waals surface area contributed by atoms with Gasteiger partial charge in [0.15, 0.2) is 5.82 Å². The fraction of sp³-hybridized carbons (Fsp3) is 0. The highest BCUT2D eigenvalue weighted by atomic mass is 15.1.